The van der Waals surface area contributed by atoms with Crippen LogP contribution < -0.4 is 5.32 Å². The third-order valence-corrected chi connectivity index (χ3v) is 2.41. The van der Waals surface area contributed by atoms with Crippen molar-refractivity contribution in [3.8, 4) is 0 Å². The summed E-state index contributed by atoms with van der Waals surface area (Å²) < 4.78 is 6.41. The van der Waals surface area contributed by atoms with Crippen LogP contribution in [-0.2, 0) is 9.53 Å². The molecule has 14 heavy (non-hydrogen) atoms. The van der Waals surface area contributed by atoms with Crippen LogP contribution in [0.25, 0.3) is 0 Å². The summed E-state index contributed by atoms with van der Waals surface area (Å²) in [5, 5.41) is 10.7. The monoisotopic (exact) mass is 196 g/mol. The third kappa shape index (κ3) is 1.60. The van der Waals surface area contributed by atoms with Gasteiger partial charge in [-0.15, -0.1) is 5.10 Å². The second-order valence-corrected chi connectivity index (χ2v) is 3.26. The Bertz CT molecular complexity index is 311. The van der Waals surface area contributed by atoms with Crippen LogP contribution in [0.4, 0.5) is 0 Å². The van der Waals surface area contributed by atoms with Gasteiger partial charge in [-0.05, 0) is 6.42 Å². The van der Waals surface area contributed by atoms with E-state index >= 15 is 0 Å². The van der Waals surface area contributed by atoms with Crippen molar-refractivity contribution in [3.05, 3.63) is 12.4 Å². The molecule has 1 fully saturated rings. The third-order valence-electron chi connectivity index (χ3n) is 2.41. The highest BCUT2D eigenvalue weighted by Gasteiger charge is 2.31. The lowest BCUT2D eigenvalue weighted by atomic mass is 10.2. The Morgan fingerprint density at radius 3 is 3.21 bits per heavy atom. The van der Waals surface area contributed by atoms with Crippen molar-refractivity contribution in [2.75, 3.05) is 13.7 Å². The zero-order valence-corrected chi connectivity index (χ0v) is 7.88. The van der Waals surface area contributed by atoms with E-state index in [0.717, 1.165) is 6.54 Å². The molecule has 1 N–H and O–H groups in total. The van der Waals surface area contributed by atoms with E-state index in [1.807, 2.05) is 0 Å². The number of esters is 1. The maximum atomic E-state index is 11.2. The number of nitrogens with one attached hydrogen (secondary N) is 1. The van der Waals surface area contributed by atoms with Crippen LogP contribution in [0.2, 0.25) is 0 Å². The number of aromatic nitrogens is 3. The molecule has 0 amide bonds. The number of methoxy groups -OCH3 is 1. The van der Waals surface area contributed by atoms with Gasteiger partial charge in [-0.25, -0.2) is 4.68 Å². The van der Waals surface area contributed by atoms with Crippen molar-refractivity contribution in [3.63, 3.8) is 0 Å². The Kier molecular flexibility index (Phi) is 2.45. The van der Waals surface area contributed by atoms with E-state index in [2.05, 4.69) is 20.4 Å². The number of rotatable bonds is 2. The maximum absolute atomic E-state index is 11.2. The maximum Gasteiger partial charge on any atom is 0.322 e. The van der Waals surface area contributed by atoms with Crippen LogP contribution in [0.3, 0.4) is 0 Å². The molecule has 76 valence electrons. The quantitative estimate of drug-likeness (QED) is 0.637. The normalized spacial score (nSPS) is 26.4. The zero-order chi connectivity index (χ0) is 9.97. The first kappa shape index (κ1) is 9.14. The summed E-state index contributed by atoms with van der Waals surface area (Å²) in [5.41, 5.74) is 0. The standard InChI is InChI=1S/C8H12N4O2/c1-14-8(13)7-4-6(5-9-7)12-3-2-10-11-12/h2-3,6-7,9H,4-5H2,1H3/t6-,7-/m1/s1. The Balaban J connectivity index is 1.98. The smallest absolute Gasteiger partial charge is 0.322 e. The highest BCUT2D eigenvalue weighted by Crippen LogP contribution is 2.18. The van der Waals surface area contributed by atoms with Crippen molar-refractivity contribution in [2.45, 2.75) is 18.5 Å². The SMILES string of the molecule is COC(=O)[C@H]1C[C@@H](n2ccnn2)CN1. The average molecular weight is 196 g/mol. The van der Waals surface area contributed by atoms with Crippen LogP contribution in [-0.4, -0.2) is 40.7 Å². The average Bonchev–Trinajstić information content (AvgIpc) is 2.86. The van der Waals surface area contributed by atoms with Gasteiger partial charge in [0.1, 0.15) is 6.04 Å². The molecule has 2 rings (SSSR count). The molecule has 0 spiro atoms. The molecule has 0 radical (unpaired) electrons. The molecular weight excluding hydrogens is 184 g/mol. The molecule has 0 saturated carbocycles. The molecule has 1 saturated heterocycles. The predicted molar refractivity (Wildman–Crippen MR) is 47.5 cm³/mol. The van der Waals surface area contributed by atoms with Gasteiger partial charge in [0.05, 0.1) is 19.3 Å². The molecule has 2 heterocycles. The summed E-state index contributed by atoms with van der Waals surface area (Å²) in [6, 6.07) is -0.0178. The first-order valence-electron chi connectivity index (χ1n) is 4.48. The van der Waals surface area contributed by atoms with Crippen molar-refractivity contribution < 1.29 is 9.53 Å². The molecule has 6 nitrogen and oxygen atoms in total. The summed E-state index contributed by atoms with van der Waals surface area (Å²) >= 11 is 0. The summed E-state index contributed by atoms with van der Waals surface area (Å²) in [7, 11) is 1.40. The van der Waals surface area contributed by atoms with Crippen molar-refractivity contribution >= 4 is 5.97 Å². The van der Waals surface area contributed by atoms with E-state index < -0.39 is 0 Å². The molecule has 6 heteroatoms. The molecule has 0 bridgehead atoms. The Hall–Kier alpha value is -1.43. The van der Waals surface area contributed by atoms with Crippen LogP contribution in [0.5, 0.6) is 0 Å². The molecule has 2 atom stereocenters. The highest BCUT2D eigenvalue weighted by atomic mass is 16.5. The minimum atomic E-state index is -0.215. The van der Waals surface area contributed by atoms with Crippen molar-refractivity contribution in [1.82, 2.24) is 20.3 Å². The molecule has 1 aromatic rings. The van der Waals surface area contributed by atoms with Crippen LogP contribution >= 0.6 is 0 Å². The summed E-state index contributed by atoms with van der Waals surface area (Å²) in [4.78, 5) is 11.2. The van der Waals surface area contributed by atoms with Crippen molar-refractivity contribution in [2.24, 2.45) is 0 Å². The second kappa shape index (κ2) is 3.75. The van der Waals surface area contributed by atoms with E-state index in [4.69, 9.17) is 0 Å². The highest BCUT2D eigenvalue weighted by molar-refractivity contribution is 5.76. The molecule has 0 aliphatic carbocycles. The van der Waals surface area contributed by atoms with Crippen LogP contribution in [0, 0.1) is 0 Å². The van der Waals surface area contributed by atoms with Gasteiger partial charge >= 0.3 is 5.97 Å². The Morgan fingerprint density at radius 1 is 1.71 bits per heavy atom. The van der Waals surface area contributed by atoms with Gasteiger partial charge in [0.2, 0.25) is 0 Å². The van der Waals surface area contributed by atoms with E-state index in [1.165, 1.54) is 7.11 Å². The Labute approximate surface area is 81.2 Å². The number of carbonyl (C=O) groups is 1. The van der Waals surface area contributed by atoms with Gasteiger partial charge in [-0.1, -0.05) is 5.21 Å². The van der Waals surface area contributed by atoms with E-state index in [-0.39, 0.29) is 18.1 Å². The summed E-state index contributed by atoms with van der Waals surface area (Å²) in [5.74, 6) is -0.215. The predicted octanol–water partition coefficient (Wildman–Crippen LogP) is -0.646. The van der Waals surface area contributed by atoms with E-state index in [9.17, 15) is 4.79 Å². The minimum Gasteiger partial charge on any atom is -0.468 e. The zero-order valence-electron chi connectivity index (χ0n) is 7.88. The second-order valence-electron chi connectivity index (χ2n) is 3.26. The van der Waals surface area contributed by atoms with Gasteiger partial charge < -0.3 is 10.1 Å². The van der Waals surface area contributed by atoms with Gasteiger partial charge in [0.25, 0.3) is 0 Å². The number of hydrogen-bond donors (Lipinski definition) is 1. The summed E-state index contributed by atoms with van der Waals surface area (Å²) in [6.07, 6.45) is 4.13. The van der Waals surface area contributed by atoms with Gasteiger partial charge in [-0.3, -0.25) is 4.79 Å². The van der Waals surface area contributed by atoms with Crippen molar-refractivity contribution in [1.29, 1.82) is 0 Å². The lowest BCUT2D eigenvalue weighted by molar-refractivity contribution is -0.142. The van der Waals surface area contributed by atoms with Gasteiger partial charge in [0.15, 0.2) is 0 Å². The number of hydrogen-bond acceptors (Lipinski definition) is 5. The summed E-state index contributed by atoms with van der Waals surface area (Å²) in [6.45, 7) is 0.725. The lowest BCUT2D eigenvalue weighted by Crippen LogP contribution is -2.31. The fourth-order valence-corrected chi connectivity index (χ4v) is 1.65. The largest absolute Gasteiger partial charge is 0.468 e. The number of ether oxygens (including phenoxy) is 1. The molecule has 1 aromatic heterocycles. The van der Waals surface area contributed by atoms with E-state index in [0.29, 0.717) is 6.42 Å². The van der Waals surface area contributed by atoms with Crippen LogP contribution in [0.15, 0.2) is 12.4 Å². The fraction of sp³-hybridized carbons (Fsp3) is 0.625. The fourth-order valence-electron chi connectivity index (χ4n) is 1.65. The molecule has 0 aromatic carbocycles. The molecule has 1 aliphatic heterocycles. The van der Waals surface area contributed by atoms with E-state index in [1.54, 1.807) is 17.1 Å². The van der Waals surface area contributed by atoms with Crippen LogP contribution in [0.1, 0.15) is 12.5 Å². The molecule has 1 aliphatic rings. The first-order valence-corrected chi connectivity index (χ1v) is 4.48. The first-order chi connectivity index (χ1) is 6.81. The van der Waals surface area contributed by atoms with Gasteiger partial charge in [0, 0.05) is 12.7 Å². The number of nitrogens with zero attached hydrogens (tertiary/aromatic N) is 3. The molecular formula is C8H12N4O2. The molecule has 0 unspecified atom stereocenters. The Morgan fingerprint density at radius 2 is 2.57 bits per heavy atom. The minimum absolute atomic E-state index is 0.196. The lowest BCUT2D eigenvalue weighted by Gasteiger charge is -2.08. The topological polar surface area (TPSA) is 69.0 Å². The van der Waals surface area contributed by atoms with Gasteiger partial charge in [-0.2, -0.15) is 0 Å². The number of carbonyl (C=O) groups excluding carboxylic acids is 1.